The van der Waals surface area contributed by atoms with E-state index in [1.807, 2.05) is 0 Å². The fraction of sp³-hybridized carbons (Fsp3) is 1.00. The molecule has 1 unspecified atom stereocenters. The molecular formula is C17H37N3O. The molecule has 4 N–H and O–H groups in total. The minimum atomic E-state index is 0. The van der Waals surface area contributed by atoms with Crippen molar-refractivity contribution in [2.75, 3.05) is 6.54 Å². The normalized spacial score (nSPS) is 29.1. The molecule has 4 nitrogen and oxygen atoms in total. The lowest BCUT2D eigenvalue weighted by Gasteiger charge is -2.40. The van der Waals surface area contributed by atoms with Crippen LogP contribution in [0.5, 0.6) is 0 Å². The lowest BCUT2D eigenvalue weighted by Crippen LogP contribution is -2.56. The van der Waals surface area contributed by atoms with Crippen LogP contribution in [0.2, 0.25) is 0 Å². The topological polar surface area (TPSA) is 64.0 Å². The second-order valence-corrected chi connectivity index (χ2v) is 6.95. The molecule has 2 fully saturated rings. The van der Waals surface area contributed by atoms with Crippen molar-refractivity contribution >= 4 is 0 Å². The molecule has 126 valence electrons. The third kappa shape index (κ3) is 6.23. The van der Waals surface area contributed by atoms with Crippen LogP contribution < -0.4 is 5.84 Å². The first-order chi connectivity index (χ1) is 9.79. The van der Waals surface area contributed by atoms with Gasteiger partial charge in [0.05, 0.1) is 0 Å². The van der Waals surface area contributed by atoms with Gasteiger partial charge in [-0.3, -0.25) is 5.84 Å². The van der Waals surface area contributed by atoms with Crippen molar-refractivity contribution in [1.29, 1.82) is 0 Å². The molecule has 0 radical (unpaired) electrons. The Balaban J connectivity index is 0.00000220. The lowest BCUT2D eigenvalue weighted by molar-refractivity contribution is -0.0956. The van der Waals surface area contributed by atoms with Gasteiger partial charge in [0.15, 0.2) is 0 Å². The lowest BCUT2D eigenvalue weighted by atomic mass is 10.0. The first-order valence-electron chi connectivity index (χ1n) is 9.09. The summed E-state index contributed by atoms with van der Waals surface area (Å²) in [7, 11) is 0. The number of hydrogen-bond acceptors (Lipinski definition) is 3. The highest BCUT2D eigenvalue weighted by Crippen LogP contribution is 2.24. The Labute approximate surface area is 131 Å². The standard InChI is InChI=1S/C17H35N3.H2O/c1-16-12-8-6-7-11-15-19(20(16)18)17-13-9-4-2-3-5-10-14-17;/h16-17H,2-15,18H2,1H3;1H2. The number of nitrogens with two attached hydrogens (primary N) is 1. The third-order valence-electron chi connectivity index (χ3n) is 5.25. The van der Waals surface area contributed by atoms with Crippen molar-refractivity contribution in [3.8, 4) is 0 Å². The Morgan fingerprint density at radius 3 is 1.81 bits per heavy atom. The summed E-state index contributed by atoms with van der Waals surface area (Å²) < 4.78 is 0. The van der Waals surface area contributed by atoms with Gasteiger partial charge in [-0.25, -0.2) is 5.01 Å². The molecule has 0 amide bonds. The van der Waals surface area contributed by atoms with Gasteiger partial charge in [0.2, 0.25) is 0 Å². The smallest absolute Gasteiger partial charge is 0.0371 e. The molecule has 0 aromatic rings. The summed E-state index contributed by atoms with van der Waals surface area (Å²) >= 11 is 0. The summed E-state index contributed by atoms with van der Waals surface area (Å²) in [5.74, 6) is 6.48. The van der Waals surface area contributed by atoms with Crippen molar-refractivity contribution in [2.45, 2.75) is 102 Å². The zero-order valence-electron chi connectivity index (χ0n) is 14.0. The van der Waals surface area contributed by atoms with Crippen LogP contribution >= 0.6 is 0 Å². The molecule has 21 heavy (non-hydrogen) atoms. The number of hydrogen-bond donors (Lipinski definition) is 1. The minimum Gasteiger partial charge on any atom is -0.412 e. The maximum absolute atomic E-state index is 6.48. The maximum Gasteiger partial charge on any atom is 0.0371 e. The van der Waals surface area contributed by atoms with Gasteiger partial charge < -0.3 is 5.48 Å². The maximum atomic E-state index is 6.48. The Morgan fingerprint density at radius 2 is 1.19 bits per heavy atom. The zero-order valence-corrected chi connectivity index (χ0v) is 14.0. The zero-order chi connectivity index (χ0) is 14.2. The molecule has 0 aromatic heterocycles. The predicted octanol–water partition coefficient (Wildman–Crippen LogP) is 3.41. The highest BCUT2D eigenvalue weighted by atomic mass is 16.0. The number of nitrogens with zero attached hydrogens (tertiary/aromatic N) is 2. The van der Waals surface area contributed by atoms with Gasteiger partial charge in [-0.1, -0.05) is 57.8 Å². The summed E-state index contributed by atoms with van der Waals surface area (Å²) in [5.41, 5.74) is 0. The van der Waals surface area contributed by atoms with Crippen LogP contribution in [0.3, 0.4) is 0 Å². The van der Waals surface area contributed by atoms with Crippen LogP contribution in [0.25, 0.3) is 0 Å². The second kappa shape index (κ2) is 10.5. The van der Waals surface area contributed by atoms with Crippen LogP contribution in [-0.4, -0.2) is 34.2 Å². The van der Waals surface area contributed by atoms with Gasteiger partial charge in [0, 0.05) is 18.6 Å². The molecule has 1 heterocycles. The Bertz CT molecular complexity index is 252. The molecule has 4 heteroatoms. The van der Waals surface area contributed by atoms with Crippen molar-refractivity contribution < 1.29 is 5.48 Å². The van der Waals surface area contributed by atoms with Gasteiger partial charge in [-0.2, -0.15) is 5.12 Å². The average molecular weight is 300 g/mol. The molecule has 1 saturated carbocycles. The highest BCUT2D eigenvalue weighted by molar-refractivity contribution is 4.74. The number of hydrazine groups is 2. The largest absolute Gasteiger partial charge is 0.412 e. The van der Waals surface area contributed by atoms with E-state index in [0.29, 0.717) is 12.1 Å². The fourth-order valence-corrected chi connectivity index (χ4v) is 3.85. The van der Waals surface area contributed by atoms with Crippen molar-refractivity contribution in [3.63, 3.8) is 0 Å². The Morgan fingerprint density at radius 1 is 0.714 bits per heavy atom. The quantitative estimate of drug-likeness (QED) is 0.755. The highest BCUT2D eigenvalue weighted by Gasteiger charge is 2.26. The van der Waals surface area contributed by atoms with E-state index in [2.05, 4.69) is 17.1 Å². The molecule has 1 aliphatic heterocycles. The van der Waals surface area contributed by atoms with Crippen molar-refractivity contribution in [1.82, 2.24) is 10.1 Å². The first-order valence-corrected chi connectivity index (χ1v) is 9.09. The van der Waals surface area contributed by atoms with Gasteiger partial charge in [-0.15, -0.1) is 0 Å². The van der Waals surface area contributed by atoms with Gasteiger partial charge in [0.25, 0.3) is 0 Å². The van der Waals surface area contributed by atoms with Crippen LogP contribution in [0.15, 0.2) is 0 Å². The molecule has 1 aliphatic carbocycles. The second-order valence-electron chi connectivity index (χ2n) is 6.95. The molecule has 2 aliphatic rings. The van der Waals surface area contributed by atoms with E-state index in [4.69, 9.17) is 5.84 Å². The predicted molar refractivity (Wildman–Crippen MR) is 89.6 cm³/mol. The molecule has 2 rings (SSSR count). The van der Waals surface area contributed by atoms with E-state index >= 15 is 0 Å². The summed E-state index contributed by atoms with van der Waals surface area (Å²) in [6, 6.07) is 1.19. The van der Waals surface area contributed by atoms with Crippen molar-refractivity contribution in [2.24, 2.45) is 5.84 Å². The molecule has 0 aromatic carbocycles. The summed E-state index contributed by atoms with van der Waals surface area (Å²) in [6.07, 6.45) is 17.9. The van der Waals surface area contributed by atoms with Crippen molar-refractivity contribution in [3.05, 3.63) is 0 Å². The minimum absolute atomic E-state index is 0. The first kappa shape index (κ1) is 18.9. The van der Waals surface area contributed by atoms with E-state index in [1.165, 1.54) is 90.0 Å². The van der Waals surface area contributed by atoms with E-state index in [9.17, 15) is 0 Å². The van der Waals surface area contributed by atoms with E-state index < -0.39 is 0 Å². The SMILES string of the molecule is CC1CCCCCCN(C2CCCCCCCC2)N1N.O. The fourth-order valence-electron chi connectivity index (χ4n) is 3.85. The van der Waals surface area contributed by atoms with E-state index in [1.54, 1.807) is 0 Å². The Hall–Kier alpha value is -0.160. The van der Waals surface area contributed by atoms with Gasteiger partial charge in [-0.05, 0) is 32.6 Å². The van der Waals surface area contributed by atoms with Crippen LogP contribution in [0.1, 0.15) is 90.4 Å². The van der Waals surface area contributed by atoms with Gasteiger partial charge in [0.1, 0.15) is 0 Å². The number of rotatable bonds is 1. The van der Waals surface area contributed by atoms with Crippen LogP contribution in [0.4, 0.5) is 0 Å². The molecule has 0 bridgehead atoms. The summed E-state index contributed by atoms with van der Waals surface area (Å²) in [4.78, 5) is 0. The van der Waals surface area contributed by atoms with E-state index in [0.717, 1.165) is 0 Å². The molecule has 0 spiro atoms. The van der Waals surface area contributed by atoms with Crippen LogP contribution in [0, 0.1) is 0 Å². The Kier molecular flexibility index (Phi) is 9.49. The van der Waals surface area contributed by atoms with E-state index in [-0.39, 0.29) is 5.48 Å². The monoisotopic (exact) mass is 299 g/mol. The summed E-state index contributed by atoms with van der Waals surface area (Å²) in [5, 5.41) is 4.65. The average Bonchev–Trinajstić information content (AvgIpc) is 2.63. The molecule has 1 saturated heterocycles. The van der Waals surface area contributed by atoms with Gasteiger partial charge >= 0.3 is 0 Å². The molecular weight excluding hydrogens is 262 g/mol. The van der Waals surface area contributed by atoms with Crippen LogP contribution in [-0.2, 0) is 0 Å². The summed E-state index contributed by atoms with van der Waals surface area (Å²) in [6.45, 7) is 3.47. The third-order valence-corrected chi connectivity index (χ3v) is 5.25. The molecule has 1 atom stereocenters.